The molecule has 0 bridgehead atoms. The van der Waals surface area contributed by atoms with Crippen molar-refractivity contribution in [3.05, 3.63) is 52.8 Å². The molecule has 32 heavy (non-hydrogen) atoms. The Labute approximate surface area is 191 Å². The number of urea groups is 1. The van der Waals surface area contributed by atoms with Crippen LogP contribution in [0.2, 0.25) is 5.02 Å². The molecule has 1 saturated heterocycles. The van der Waals surface area contributed by atoms with Gasteiger partial charge in [-0.3, -0.25) is 4.90 Å². The number of nitrogens with one attached hydrogen (secondary N) is 1. The van der Waals surface area contributed by atoms with Crippen molar-refractivity contribution < 1.29 is 23.1 Å². The first-order valence-corrected chi connectivity index (χ1v) is 11.1. The predicted octanol–water partition coefficient (Wildman–Crippen LogP) is 5.01. The fourth-order valence-corrected chi connectivity index (χ4v) is 4.73. The summed E-state index contributed by atoms with van der Waals surface area (Å²) in [6.07, 6.45) is 1.76. The first-order chi connectivity index (χ1) is 15.4. The molecule has 2 aliphatic heterocycles. The van der Waals surface area contributed by atoms with E-state index in [1.807, 2.05) is 7.05 Å². The van der Waals surface area contributed by atoms with Gasteiger partial charge in [-0.05, 0) is 54.8 Å². The molecule has 2 amide bonds. The number of nitrogens with zero attached hydrogens (tertiary/aromatic N) is 2. The highest BCUT2D eigenvalue weighted by Gasteiger charge is 2.55. The van der Waals surface area contributed by atoms with E-state index in [9.17, 15) is 9.18 Å². The maximum absolute atomic E-state index is 16.9. The number of piperidine rings is 1. The highest BCUT2D eigenvalue weighted by Crippen LogP contribution is 2.49. The van der Waals surface area contributed by atoms with Crippen molar-refractivity contribution in [2.24, 2.45) is 0 Å². The number of hydrogen-bond acceptors (Lipinski definition) is 4. The smallest absolute Gasteiger partial charge is 0.463 e. The van der Waals surface area contributed by atoms with Crippen LogP contribution in [-0.4, -0.2) is 50.8 Å². The summed E-state index contributed by atoms with van der Waals surface area (Å²) in [5, 5.41) is 3.01. The van der Waals surface area contributed by atoms with Gasteiger partial charge in [-0.1, -0.05) is 23.7 Å². The molecule has 2 aromatic carbocycles. The maximum Gasteiger partial charge on any atom is 0.463 e. The maximum atomic E-state index is 16.9. The SMILES string of the molecule is CNCC1CCCCN1C(=O)[N+]1(F)CC(c2ccc(F)c(Cl)c2)Oc2c(OC)cccc21. The third-order valence-corrected chi connectivity index (χ3v) is 6.46. The van der Waals surface area contributed by atoms with Gasteiger partial charge in [0.05, 0.1) is 12.1 Å². The predicted molar refractivity (Wildman–Crippen MR) is 119 cm³/mol. The van der Waals surface area contributed by atoms with Gasteiger partial charge in [-0.15, -0.1) is 0 Å². The summed E-state index contributed by atoms with van der Waals surface area (Å²) in [7, 11) is 3.28. The lowest BCUT2D eigenvalue weighted by Gasteiger charge is -2.40. The monoisotopic (exact) mass is 466 g/mol. The van der Waals surface area contributed by atoms with E-state index in [4.69, 9.17) is 21.1 Å². The van der Waals surface area contributed by atoms with E-state index in [-0.39, 0.29) is 29.0 Å². The summed E-state index contributed by atoms with van der Waals surface area (Å²) >= 11 is 5.96. The molecule has 4 rings (SSSR count). The number of carbonyl (C=O) groups excluding carboxylic acids is 1. The molecule has 0 aliphatic carbocycles. The lowest BCUT2D eigenvalue weighted by molar-refractivity contribution is -0.0135. The van der Waals surface area contributed by atoms with E-state index in [1.54, 1.807) is 23.1 Å². The molecular formula is C23H27ClF2N3O3+. The van der Waals surface area contributed by atoms with E-state index in [0.717, 1.165) is 19.3 Å². The summed E-state index contributed by atoms with van der Waals surface area (Å²) in [6.45, 7) is 0.774. The molecule has 2 heterocycles. The van der Waals surface area contributed by atoms with Crippen LogP contribution in [-0.2, 0) is 0 Å². The zero-order valence-corrected chi connectivity index (χ0v) is 18.9. The highest BCUT2D eigenvalue weighted by molar-refractivity contribution is 6.30. The summed E-state index contributed by atoms with van der Waals surface area (Å²) in [4.78, 5) is 15.4. The molecule has 0 aromatic heterocycles. The summed E-state index contributed by atoms with van der Waals surface area (Å²) in [5.41, 5.74) is 0.568. The number of amides is 2. The van der Waals surface area contributed by atoms with E-state index >= 15 is 4.48 Å². The second kappa shape index (κ2) is 9.21. The fraction of sp³-hybridized carbons (Fsp3) is 0.435. The molecule has 1 N–H and O–H groups in total. The quantitative estimate of drug-likeness (QED) is 0.644. The number of carbonyl (C=O) groups is 1. The first-order valence-electron chi connectivity index (χ1n) is 10.7. The number of methoxy groups -OCH3 is 1. The van der Waals surface area contributed by atoms with Crippen LogP contribution < -0.4 is 19.5 Å². The molecule has 2 aliphatic rings. The van der Waals surface area contributed by atoms with Gasteiger partial charge in [0.2, 0.25) is 11.4 Å². The van der Waals surface area contributed by atoms with Crippen LogP contribution in [0.5, 0.6) is 11.5 Å². The Bertz CT molecular complexity index is 1010. The number of ether oxygens (including phenoxy) is 2. The van der Waals surface area contributed by atoms with Gasteiger partial charge in [0.15, 0.2) is 18.4 Å². The topological polar surface area (TPSA) is 50.8 Å². The number of halogens is 3. The molecule has 0 radical (unpaired) electrons. The fourth-order valence-electron chi connectivity index (χ4n) is 4.54. The third kappa shape index (κ3) is 4.02. The number of para-hydroxylation sites is 1. The van der Waals surface area contributed by atoms with Gasteiger partial charge in [-0.2, -0.15) is 0 Å². The number of hydrogen-bond donors (Lipinski definition) is 1. The molecule has 3 atom stereocenters. The Balaban J connectivity index is 1.78. The average molecular weight is 467 g/mol. The molecular weight excluding hydrogens is 440 g/mol. The minimum atomic E-state index is -1.47. The highest BCUT2D eigenvalue weighted by atomic mass is 35.5. The molecule has 0 spiro atoms. The van der Waals surface area contributed by atoms with Gasteiger partial charge < -0.3 is 14.8 Å². The van der Waals surface area contributed by atoms with Gasteiger partial charge in [-0.25, -0.2) is 9.18 Å². The molecule has 0 saturated carbocycles. The van der Waals surface area contributed by atoms with Crippen molar-refractivity contribution in [2.45, 2.75) is 31.4 Å². The van der Waals surface area contributed by atoms with E-state index in [2.05, 4.69) is 5.32 Å². The molecule has 3 unspecified atom stereocenters. The Morgan fingerprint density at radius 1 is 1.34 bits per heavy atom. The zero-order chi connectivity index (χ0) is 22.9. The van der Waals surface area contributed by atoms with Crippen LogP contribution in [0, 0.1) is 5.82 Å². The van der Waals surface area contributed by atoms with Gasteiger partial charge in [0.1, 0.15) is 5.82 Å². The number of quaternary nitrogens is 1. The molecule has 6 nitrogen and oxygen atoms in total. The van der Waals surface area contributed by atoms with Crippen LogP contribution in [0.4, 0.5) is 19.4 Å². The van der Waals surface area contributed by atoms with Crippen LogP contribution in [0.25, 0.3) is 0 Å². The molecule has 172 valence electrons. The minimum absolute atomic E-state index is 0.0904. The molecule has 2 aromatic rings. The van der Waals surface area contributed by atoms with Crippen molar-refractivity contribution in [1.82, 2.24) is 14.9 Å². The molecule has 9 heteroatoms. The summed E-state index contributed by atoms with van der Waals surface area (Å²) in [6, 6.07) is 8.20. The number of rotatable bonds is 4. The van der Waals surface area contributed by atoms with Crippen molar-refractivity contribution in [2.75, 3.05) is 33.8 Å². The largest absolute Gasteiger partial charge is 0.493 e. The second-order valence-electron chi connectivity index (χ2n) is 8.17. The summed E-state index contributed by atoms with van der Waals surface area (Å²) in [5.74, 6) is -0.104. The van der Waals surface area contributed by atoms with Crippen molar-refractivity contribution in [3.63, 3.8) is 0 Å². The van der Waals surface area contributed by atoms with Crippen LogP contribution >= 0.6 is 11.6 Å². The van der Waals surface area contributed by atoms with Crippen molar-refractivity contribution in [3.8, 4) is 11.5 Å². The van der Waals surface area contributed by atoms with Gasteiger partial charge in [0.25, 0.3) is 0 Å². The number of benzene rings is 2. The summed E-state index contributed by atoms with van der Waals surface area (Å²) < 4.78 is 40.6. The lowest BCUT2D eigenvalue weighted by atomic mass is 10.0. The number of likely N-dealkylation sites (tertiary alicyclic amines) is 1. The van der Waals surface area contributed by atoms with Crippen LogP contribution in [0.3, 0.4) is 0 Å². The van der Waals surface area contributed by atoms with E-state index in [1.165, 1.54) is 25.3 Å². The lowest BCUT2D eigenvalue weighted by Crippen LogP contribution is -2.61. The second-order valence-corrected chi connectivity index (χ2v) is 8.58. The Hall–Kier alpha value is -2.42. The van der Waals surface area contributed by atoms with Crippen molar-refractivity contribution >= 4 is 23.3 Å². The third-order valence-electron chi connectivity index (χ3n) is 6.17. The average Bonchev–Trinajstić information content (AvgIpc) is 2.80. The standard InChI is InChI=1S/C23H27ClF2N3O3/c1-27-13-16-6-3-4-11-28(16)23(30)29(26)14-21(15-9-10-18(25)17(24)12-15)32-22-19(29)7-5-8-20(22)31-2/h5,7-10,12,16,21,27H,3-4,6,11,13-14H2,1-2H3/q+1. The normalized spacial score (nSPS) is 25.1. The van der Waals surface area contributed by atoms with E-state index < -0.39 is 22.7 Å². The van der Waals surface area contributed by atoms with Crippen LogP contribution in [0.15, 0.2) is 36.4 Å². The van der Waals surface area contributed by atoms with Gasteiger partial charge >= 0.3 is 6.03 Å². The first kappa shape index (κ1) is 22.8. The van der Waals surface area contributed by atoms with Crippen molar-refractivity contribution in [1.29, 1.82) is 0 Å². The van der Waals surface area contributed by atoms with Gasteiger partial charge in [0, 0.05) is 29.7 Å². The Morgan fingerprint density at radius 2 is 2.16 bits per heavy atom. The Kier molecular flexibility index (Phi) is 6.55. The minimum Gasteiger partial charge on any atom is -0.493 e. The number of likely N-dealkylation sites (N-methyl/N-ethyl adjacent to an activating group) is 1. The number of fused-ring (bicyclic) bond motifs is 1. The zero-order valence-electron chi connectivity index (χ0n) is 18.1. The molecule has 1 fully saturated rings. The van der Waals surface area contributed by atoms with Crippen LogP contribution in [0.1, 0.15) is 30.9 Å². The van der Waals surface area contributed by atoms with E-state index in [0.29, 0.717) is 24.4 Å². The Morgan fingerprint density at radius 3 is 2.88 bits per heavy atom.